The van der Waals surface area contributed by atoms with E-state index < -0.39 is 0 Å². The first-order valence-electron chi connectivity index (χ1n) is 17.6. The Hall–Kier alpha value is -5.86. The van der Waals surface area contributed by atoms with Crippen LogP contribution in [0, 0.1) is 0 Å². The Labute approximate surface area is 293 Å². The van der Waals surface area contributed by atoms with Crippen LogP contribution in [-0.4, -0.2) is 0 Å². The molecule has 50 heavy (non-hydrogen) atoms. The van der Waals surface area contributed by atoms with Gasteiger partial charge in [0.1, 0.15) is 11.2 Å². The van der Waals surface area contributed by atoms with Gasteiger partial charge in [0, 0.05) is 27.2 Å². The topological polar surface area (TPSA) is 16.4 Å². The second kappa shape index (κ2) is 10.3. The van der Waals surface area contributed by atoms with Gasteiger partial charge in [0.15, 0.2) is 0 Å². The molecule has 8 aromatic rings. The van der Waals surface area contributed by atoms with E-state index >= 15 is 0 Å². The highest BCUT2D eigenvalue weighted by atomic mass is 16.3. The van der Waals surface area contributed by atoms with Gasteiger partial charge in [-0.2, -0.15) is 0 Å². The second-order valence-corrected chi connectivity index (χ2v) is 14.9. The van der Waals surface area contributed by atoms with E-state index in [1.54, 1.807) is 0 Å². The van der Waals surface area contributed by atoms with Crippen molar-refractivity contribution in [1.29, 1.82) is 0 Å². The van der Waals surface area contributed by atoms with Crippen molar-refractivity contribution in [1.82, 2.24) is 0 Å². The lowest BCUT2D eigenvalue weighted by Crippen LogP contribution is -2.24. The zero-order valence-electron chi connectivity index (χ0n) is 28.8. The van der Waals surface area contributed by atoms with Crippen molar-refractivity contribution < 1.29 is 4.42 Å². The fraction of sp³-hybridized carbons (Fsp3) is 0.125. The van der Waals surface area contributed by atoms with E-state index in [1.165, 1.54) is 67.0 Å². The largest absolute Gasteiger partial charge is 0.456 e. The van der Waals surface area contributed by atoms with Crippen LogP contribution in [0.3, 0.4) is 0 Å². The molecule has 0 saturated heterocycles. The summed E-state index contributed by atoms with van der Waals surface area (Å²) in [6.45, 7) is 9.55. The minimum atomic E-state index is -0.201. The predicted molar refractivity (Wildman–Crippen MR) is 209 cm³/mol. The summed E-state index contributed by atoms with van der Waals surface area (Å²) in [7, 11) is 0. The van der Waals surface area contributed by atoms with E-state index in [0.29, 0.717) is 0 Å². The smallest absolute Gasteiger partial charge is 0.136 e. The van der Waals surface area contributed by atoms with Gasteiger partial charge in [-0.1, -0.05) is 149 Å². The summed E-state index contributed by atoms with van der Waals surface area (Å²) in [5, 5.41) is 2.28. The van der Waals surface area contributed by atoms with Crippen LogP contribution < -0.4 is 4.90 Å². The van der Waals surface area contributed by atoms with Gasteiger partial charge in [-0.05, 0) is 80.4 Å². The van der Waals surface area contributed by atoms with Gasteiger partial charge in [0.2, 0.25) is 0 Å². The van der Waals surface area contributed by atoms with Gasteiger partial charge in [-0.3, -0.25) is 0 Å². The molecule has 2 aliphatic carbocycles. The molecule has 2 aliphatic rings. The van der Waals surface area contributed by atoms with E-state index in [1.807, 2.05) is 6.07 Å². The highest BCUT2D eigenvalue weighted by Crippen LogP contribution is 2.59. The van der Waals surface area contributed by atoms with Crippen LogP contribution in [0.4, 0.5) is 17.1 Å². The summed E-state index contributed by atoms with van der Waals surface area (Å²) < 4.78 is 6.42. The molecule has 2 nitrogen and oxygen atoms in total. The molecular formula is C48H37NO. The van der Waals surface area contributed by atoms with Crippen LogP contribution in [0.2, 0.25) is 0 Å². The number of rotatable bonds is 4. The van der Waals surface area contributed by atoms with E-state index in [9.17, 15) is 0 Å². The van der Waals surface area contributed by atoms with Crippen LogP contribution in [0.5, 0.6) is 0 Å². The molecule has 0 fully saturated rings. The van der Waals surface area contributed by atoms with Crippen molar-refractivity contribution in [3.8, 4) is 33.4 Å². The number of fused-ring (bicyclic) bond motifs is 9. The molecule has 0 saturated carbocycles. The summed E-state index contributed by atoms with van der Waals surface area (Å²) in [4.78, 5) is 2.58. The molecule has 1 aromatic heterocycles. The van der Waals surface area contributed by atoms with Crippen molar-refractivity contribution in [2.24, 2.45) is 0 Å². The number of benzene rings is 7. The Morgan fingerprint density at radius 1 is 0.380 bits per heavy atom. The lowest BCUT2D eigenvalue weighted by atomic mass is 9.79. The van der Waals surface area contributed by atoms with Crippen molar-refractivity contribution >= 4 is 39.0 Å². The lowest BCUT2D eigenvalue weighted by molar-refractivity contribution is 0.656. The Morgan fingerprint density at radius 2 is 0.820 bits per heavy atom. The molecular weight excluding hydrogens is 607 g/mol. The Morgan fingerprint density at radius 3 is 1.46 bits per heavy atom. The van der Waals surface area contributed by atoms with Crippen LogP contribution in [0.25, 0.3) is 55.3 Å². The summed E-state index contributed by atoms with van der Waals surface area (Å²) >= 11 is 0. The lowest BCUT2D eigenvalue weighted by Gasteiger charge is -2.36. The third kappa shape index (κ3) is 3.85. The first-order chi connectivity index (χ1) is 24.4. The number of anilines is 3. The summed E-state index contributed by atoms with van der Waals surface area (Å²) in [6.07, 6.45) is 0. The average Bonchev–Trinajstić information content (AvgIpc) is 3.73. The van der Waals surface area contributed by atoms with E-state index in [2.05, 4.69) is 178 Å². The Kier molecular flexibility index (Phi) is 6.01. The van der Waals surface area contributed by atoms with Gasteiger partial charge in [-0.25, -0.2) is 0 Å². The molecule has 2 heteroatoms. The molecule has 0 N–H and O–H groups in total. The molecule has 0 radical (unpaired) electrons. The summed E-state index contributed by atoms with van der Waals surface area (Å²) in [6, 6.07) is 55.5. The normalized spacial score (nSPS) is 14.7. The minimum Gasteiger partial charge on any atom is -0.456 e. The van der Waals surface area contributed by atoms with E-state index in [0.717, 1.165) is 27.6 Å². The van der Waals surface area contributed by atoms with Gasteiger partial charge >= 0.3 is 0 Å². The molecule has 7 aromatic carbocycles. The maximum Gasteiger partial charge on any atom is 0.136 e. The SMILES string of the molecule is CC1(C)c2ccccc2-c2cccc(N(c3ccccc3-c3cccc4oc5ccccc5c34)c3cccc4c3C(C)(C)c3ccccc3-4)c21. The minimum absolute atomic E-state index is 0.201. The van der Waals surface area contributed by atoms with Crippen molar-refractivity contribution in [2.45, 2.75) is 38.5 Å². The number of nitrogens with zero attached hydrogens (tertiary/aromatic N) is 1. The van der Waals surface area contributed by atoms with Gasteiger partial charge in [0.05, 0.1) is 17.1 Å². The molecule has 1 heterocycles. The first-order valence-corrected chi connectivity index (χ1v) is 17.6. The number of para-hydroxylation sites is 2. The summed E-state index contributed by atoms with van der Waals surface area (Å²) in [5.41, 5.74) is 18.0. The monoisotopic (exact) mass is 643 g/mol. The fourth-order valence-corrected chi connectivity index (χ4v) is 9.30. The van der Waals surface area contributed by atoms with Gasteiger partial charge in [-0.15, -0.1) is 0 Å². The molecule has 0 atom stereocenters. The molecule has 0 amide bonds. The third-order valence-electron chi connectivity index (χ3n) is 11.4. The first kappa shape index (κ1) is 29.1. The van der Waals surface area contributed by atoms with E-state index in [4.69, 9.17) is 4.42 Å². The Bertz CT molecular complexity index is 2560. The number of hydrogen-bond donors (Lipinski definition) is 0. The maximum atomic E-state index is 6.42. The zero-order valence-corrected chi connectivity index (χ0v) is 28.8. The van der Waals surface area contributed by atoms with Crippen molar-refractivity contribution in [3.05, 3.63) is 174 Å². The fourth-order valence-electron chi connectivity index (χ4n) is 9.30. The van der Waals surface area contributed by atoms with Crippen LogP contribution in [-0.2, 0) is 10.8 Å². The maximum absolute atomic E-state index is 6.42. The molecule has 0 aliphatic heterocycles. The average molecular weight is 644 g/mol. The molecule has 10 rings (SSSR count). The van der Waals surface area contributed by atoms with Crippen molar-refractivity contribution in [3.63, 3.8) is 0 Å². The zero-order chi connectivity index (χ0) is 33.8. The standard InChI is InChI=1S/C48H37NO/c1-47(2)37-23-9-5-16-30(37)34-21-13-26-40(45(34)47)49(41-27-14-22-35-31-17-6-10-24-38(31)48(3,4)46(35)41)39-25-11-7-18-32(39)33-20-15-29-43-44(33)36-19-8-12-28-42(36)50-43/h5-29H,1-4H3. The number of hydrogen-bond acceptors (Lipinski definition) is 2. The van der Waals surface area contributed by atoms with Crippen LogP contribution in [0.1, 0.15) is 49.9 Å². The summed E-state index contributed by atoms with van der Waals surface area (Å²) in [5.74, 6) is 0. The molecule has 0 spiro atoms. The third-order valence-corrected chi connectivity index (χ3v) is 11.4. The predicted octanol–water partition coefficient (Wildman–Crippen LogP) is 13.3. The highest BCUT2D eigenvalue weighted by Gasteiger charge is 2.42. The Balaban J connectivity index is 1.32. The second-order valence-electron chi connectivity index (χ2n) is 14.9. The van der Waals surface area contributed by atoms with E-state index in [-0.39, 0.29) is 10.8 Å². The quantitative estimate of drug-likeness (QED) is 0.190. The number of furan rings is 1. The molecule has 0 unspecified atom stereocenters. The van der Waals surface area contributed by atoms with Crippen LogP contribution in [0.15, 0.2) is 156 Å². The van der Waals surface area contributed by atoms with Crippen LogP contribution >= 0.6 is 0 Å². The molecule has 0 bridgehead atoms. The van der Waals surface area contributed by atoms with Gasteiger partial charge < -0.3 is 9.32 Å². The molecule has 240 valence electrons. The van der Waals surface area contributed by atoms with Crippen molar-refractivity contribution in [2.75, 3.05) is 4.90 Å². The highest BCUT2D eigenvalue weighted by molar-refractivity contribution is 6.14. The van der Waals surface area contributed by atoms with Gasteiger partial charge in [0.25, 0.3) is 0 Å².